The molecular weight excluding hydrogens is 244 g/mol. The molecule has 2 rings (SSSR count). The van der Waals surface area contributed by atoms with E-state index in [-0.39, 0.29) is 11.0 Å². The van der Waals surface area contributed by atoms with Gasteiger partial charge in [0.2, 0.25) is 0 Å². The lowest BCUT2D eigenvalue weighted by atomic mass is 10.2. The number of carbonyl (C=O) groups is 1. The third-order valence-corrected chi connectivity index (χ3v) is 2.72. The highest BCUT2D eigenvalue weighted by molar-refractivity contribution is 6.04. The maximum atomic E-state index is 11.9. The first-order valence-corrected chi connectivity index (χ1v) is 5.75. The van der Waals surface area contributed by atoms with E-state index in [4.69, 9.17) is 4.74 Å². The van der Waals surface area contributed by atoms with Gasteiger partial charge in [0, 0.05) is 24.1 Å². The molecule has 2 N–H and O–H groups in total. The Morgan fingerprint density at radius 2 is 2.11 bits per heavy atom. The number of rotatable bonds is 3. The molecule has 0 saturated carbocycles. The number of pyridine rings is 1. The van der Waals surface area contributed by atoms with Crippen LogP contribution in [0.5, 0.6) is 5.75 Å². The van der Waals surface area contributed by atoms with E-state index in [1.54, 1.807) is 25.3 Å². The predicted molar refractivity (Wildman–Crippen MR) is 72.7 cm³/mol. The zero-order valence-electron chi connectivity index (χ0n) is 10.7. The first-order chi connectivity index (χ1) is 9.11. The third-order valence-electron chi connectivity index (χ3n) is 2.72. The molecule has 0 aliphatic rings. The standard InChI is InChI=1S/C14H14N2O3/c1-9-7-10(3-4-13(9)19-2)16-14(18)11-8-15-6-5-12(11)17/h3-8H,1-2H3,(H,15,17)(H,16,18). The van der Waals surface area contributed by atoms with Crippen molar-refractivity contribution in [3.63, 3.8) is 0 Å². The Balaban J connectivity index is 2.22. The van der Waals surface area contributed by atoms with Gasteiger partial charge >= 0.3 is 0 Å². The summed E-state index contributed by atoms with van der Waals surface area (Å²) in [5.41, 5.74) is 1.28. The van der Waals surface area contributed by atoms with E-state index in [1.807, 2.05) is 6.92 Å². The number of hydrogen-bond acceptors (Lipinski definition) is 3. The number of amides is 1. The normalized spacial score (nSPS) is 10.0. The van der Waals surface area contributed by atoms with Gasteiger partial charge in [-0.05, 0) is 30.7 Å². The summed E-state index contributed by atoms with van der Waals surface area (Å²) in [5, 5.41) is 2.68. The van der Waals surface area contributed by atoms with Crippen LogP contribution >= 0.6 is 0 Å². The van der Waals surface area contributed by atoms with Crippen molar-refractivity contribution in [1.29, 1.82) is 0 Å². The van der Waals surface area contributed by atoms with Gasteiger partial charge in [0.05, 0.1) is 7.11 Å². The largest absolute Gasteiger partial charge is 0.496 e. The lowest BCUT2D eigenvalue weighted by Gasteiger charge is -2.08. The van der Waals surface area contributed by atoms with Crippen LogP contribution in [0.25, 0.3) is 0 Å². The molecule has 0 bridgehead atoms. The number of benzene rings is 1. The quantitative estimate of drug-likeness (QED) is 0.883. The second-order valence-corrected chi connectivity index (χ2v) is 4.06. The zero-order valence-corrected chi connectivity index (χ0v) is 10.7. The van der Waals surface area contributed by atoms with Crippen LogP contribution in [-0.4, -0.2) is 18.0 Å². The zero-order chi connectivity index (χ0) is 13.8. The summed E-state index contributed by atoms with van der Waals surface area (Å²) >= 11 is 0. The summed E-state index contributed by atoms with van der Waals surface area (Å²) in [7, 11) is 1.59. The van der Waals surface area contributed by atoms with Crippen LogP contribution in [-0.2, 0) is 0 Å². The van der Waals surface area contributed by atoms with Crippen LogP contribution in [0, 0.1) is 6.92 Å². The number of methoxy groups -OCH3 is 1. The summed E-state index contributed by atoms with van der Waals surface area (Å²) < 4.78 is 5.14. The molecule has 0 atom stereocenters. The summed E-state index contributed by atoms with van der Waals surface area (Å²) in [6.45, 7) is 1.88. The van der Waals surface area contributed by atoms with Crippen molar-refractivity contribution < 1.29 is 9.53 Å². The van der Waals surface area contributed by atoms with E-state index in [2.05, 4.69) is 10.3 Å². The first-order valence-electron chi connectivity index (χ1n) is 5.75. The number of anilines is 1. The molecule has 1 heterocycles. The molecule has 0 spiro atoms. The lowest BCUT2D eigenvalue weighted by molar-refractivity contribution is 0.102. The third kappa shape index (κ3) is 2.82. The molecule has 0 radical (unpaired) electrons. The Morgan fingerprint density at radius 1 is 1.32 bits per heavy atom. The molecule has 1 aromatic carbocycles. The average molecular weight is 258 g/mol. The summed E-state index contributed by atoms with van der Waals surface area (Å²) in [5.74, 6) is 0.307. The molecule has 0 fully saturated rings. The van der Waals surface area contributed by atoms with E-state index in [0.717, 1.165) is 11.3 Å². The minimum absolute atomic E-state index is 0.0796. The molecule has 19 heavy (non-hydrogen) atoms. The highest BCUT2D eigenvalue weighted by Gasteiger charge is 2.10. The molecule has 0 aliphatic heterocycles. The van der Waals surface area contributed by atoms with Crippen LogP contribution in [0.2, 0.25) is 0 Å². The number of aromatic amines is 1. The molecule has 98 valence electrons. The van der Waals surface area contributed by atoms with Crippen LogP contribution in [0.1, 0.15) is 15.9 Å². The number of ether oxygens (including phenoxy) is 1. The predicted octanol–water partition coefficient (Wildman–Crippen LogP) is 1.94. The van der Waals surface area contributed by atoms with Crippen molar-refractivity contribution in [1.82, 2.24) is 4.98 Å². The van der Waals surface area contributed by atoms with Crippen LogP contribution in [0.4, 0.5) is 5.69 Å². The van der Waals surface area contributed by atoms with E-state index in [0.29, 0.717) is 5.69 Å². The molecule has 5 heteroatoms. The molecular formula is C14H14N2O3. The Kier molecular flexibility index (Phi) is 3.66. The van der Waals surface area contributed by atoms with Gasteiger partial charge in [-0.2, -0.15) is 0 Å². The molecule has 0 unspecified atom stereocenters. The maximum Gasteiger partial charge on any atom is 0.261 e. The summed E-state index contributed by atoms with van der Waals surface area (Å²) in [6, 6.07) is 6.59. The molecule has 0 saturated heterocycles. The second kappa shape index (κ2) is 5.39. The van der Waals surface area contributed by atoms with Crippen molar-refractivity contribution in [3.05, 3.63) is 58.0 Å². The number of aromatic nitrogens is 1. The number of carbonyl (C=O) groups excluding carboxylic acids is 1. The van der Waals surface area contributed by atoms with Gasteiger partial charge in [0.1, 0.15) is 11.3 Å². The fourth-order valence-corrected chi connectivity index (χ4v) is 1.75. The summed E-state index contributed by atoms with van der Waals surface area (Å²) in [6.07, 6.45) is 2.87. The van der Waals surface area contributed by atoms with Gasteiger partial charge < -0.3 is 15.0 Å². The smallest absolute Gasteiger partial charge is 0.261 e. The van der Waals surface area contributed by atoms with Crippen LogP contribution in [0.15, 0.2) is 41.5 Å². The molecule has 1 amide bonds. The number of aryl methyl sites for hydroxylation is 1. The van der Waals surface area contributed by atoms with E-state index in [9.17, 15) is 9.59 Å². The van der Waals surface area contributed by atoms with Gasteiger partial charge in [0.15, 0.2) is 5.43 Å². The fourth-order valence-electron chi connectivity index (χ4n) is 1.75. The Morgan fingerprint density at radius 3 is 2.74 bits per heavy atom. The maximum absolute atomic E-state index is 11.9. The SMILES string of the molecule is COc1ccc(NC(=O)c2c[nH]ccc2=O)cc1C. The van der Waals surface area contributed by atoms with Crippen molar-refractivity contribution >= 4 is 11.6 Å². The first kappa shape index (κ1) is 12.9. The van der Waals surface area contributed by atoms with Crippen LogP contribution < -0.4 is 15.5 Å². The Bertz CT molecular complexity index is 662. The van der Waals surface area contributed by atoms with Crippen molar-refractivity contribution in [2.45, 2.75) is 6.92 Å². The molecule has 5 nitrogen and oxygen atoms in total. The van der Waals surface area contributed by atoms with Crippen molar-refractivity contribution in [2.24, 2.45) is 0 Å². The van der Waals surface area contributed by atoms with Gasteiger partial charge in [-0.15, -0.1) is 0 Å². The Labute approximate surface area is 110 Å². The van der Waals surface area contributed by atoms with Gasteiger partial charge in [-0.3, -0.25) is 9.59 Å². The fraction of sp³-hybridized carbons (Fsp3) is 0.143. The highest BCUT2D eigenvalue weighted by atomic mass is 16.5. The van der Waals surface area contributed by atoms with Crippen molar-refractivity contribution in [2.75, 3.05) is 12.4 Å². The topological polar surface area (TPSA) is 71.2 Å². The minimum atomic E-state index is -0.439. The van der Waals surface area contributed by atoms with Crippen LogP contribution in [0.3, 0.4) is 0 Å². The van der Waals surface area contributed by atoms with Gasteiger partial charge in [-0.1, -0.05) is 0 Å². The van der Waals surface area contributed by atoms with E-state index >= 15 is 0 Å². The number of H-pyrrole nitrogens is 1. The van der Waals surface area contributed by atoms with Gasteiger partial charge in [0.25, 0.3) is 5.91 Å². The highest BCUT2D eigenvalue weighted by Crippen LogP contribution is 2.21. The summed E-state index contributed by atoms with van der Waals surface area (Å²) in [4.78, 5) is 26.2. The number of nitrogens with one attached hydrogen (secondary N) is 2. The monoisotopic (exact) mass is 258 g/mol. The average Bonchev–Trinajstić information content (AvgIpc) is 2.39. The van der Waals surface area contributed by atoms with Crippen molar-refractivity contribution in [3.8, 4) is 5.75 Å². The van der Waals surface area contributed by atoms with E-state index < -0.39 is 5.91 Å². The lowest BCUT2D eigenvalue weighted by Crippen LogP contribution is -2.20. The Hall–Kier alpha value is -2.56. The minimum Gasteiger partial charge on any atom is -0.496 e. The molecule has 0 aliphatic carbocycles. The number of hydrogen-bond donors (Lipinski definition) is 2. The molecule has 2 aromatic rings. The van der Waals surface area contributed by atoms with Gasteiger partial charge in [-0.25, -0.2) is 0 Å². The van der Waals surface area contributed by atoms with E-state index in [1.165, 1.54) is 18.5 Å². The molecule has 1 aromatic heterocycles. The second-order valence-electron chi connectivity index (χ2n) is 4.06.